The Morgan fingerprint density at radius 2 is 1.85 bits per heavy atom. The summed E-state index contributed by atoms with van der Waals surface area (Å²) in [5, 5.41) is 3.29. The summed E-state index contributed by atoms with van der Waals surface area (Å²) >= 11 is 1.76. The molecule has 0 aliphatic carbocycles. The molecule has 1 aromatic carbocycles. The first-order valence-corrected chi connectivity index (χ1v) is 11.2. The van der Waals surface area contributed by atoms with Crippen LogP contribution < -0.4 is 4.74 Å². The fourth-order valence-corrected chi connectivity index (χ4v) is 5.23. The molecule has 4 nitrogen and oxygen atoms in total. The van der Waals surface area contributed by atoms with E-state index in [-0.39, 0.29) is 5.41 Å². The molecule has 0 saturated carbocycles. The van der Waals surface area contributed by atoms with E-state index < -0.39 is 0 Å². The van der Waals surface area contributed by atoms with Gasteiger partial charge in [-0.05, 0) is 75.9 Å². The topological polar surface area (TPSA) is 34.6 Å². The maximum atomic E-state index is 5.98. The van der Waals surface area contributed by atoms with Crippen LogP contribution in [0, 0.1) is 0 Å². The molecule has 3 heterocycles. The lowest BCUT2D eigenvalue weighted by Crippen LogP contribution is -2.34. The Labute approximate surface area is 166 Å². The Balaban J connectivity index is 1.32. The van der Waals surface area contributed by atoms with Crippen molar-refractivity contribution >= 4 is 11.3 Å². The average Bonchev–Trinajstić information content (AvgIpc) is 3.43. The Hall–Kier alpha value is -1.43. The van der Waals surface area contributed by atoms with E-state index in [0.29, 0.717) is 0 Å². The van der Waals surface area contributed by atoms with Crippen molar-refractivity contribution in [1.82, 2.24) is 9.88 Å². The van der Waals surface area contributed by atoms with Crippen LogP contribution in [0.25, 0.3) is 0 Å². The SMILES string of the molecule is c1csc(C2(c3ccc(OCCCCN4CCCC4)cc3)CCOCC2)n1. The molecule has 2 aromatic rings. The summed E-state index contributed by atoms with van der Waals surface area (Å²) in [7, 11) is 0. The van der Waals surface area contributed by atoms with Crippen LogP contribution in [0.2, 0.25) is 0 Å². The fraction of sp³-hybridized carbons (Fsp3) is 0.591. The molecule has 5 heteroatoms. The molecular weight excluding hydrogens is 356 g/mol. The van der Waals surface area contributed by atoms with Crippen molar-refractivity contribution < 1.29 is 9.47 Å². The first-order valence-electron chi connectivity index (χ1n) is 10.3. The van der Waals surface area contributed by atoms with Crippen molar-refractivity contribution in [2.75, 3.05) is 39.5 Å². The van der Waals surface area contributed by atoms with E-state index in [1.807, 2.05) is 6.20 Å². The van der Waals surface area contributed by atoms with E-state index in [9.17, 15) is 0 Å². The third-order valence-corrected chi connectivity index (χ3v) is 6.91. The van der Waals surface area contributed by atoms with Gasteiger partial charge in [0.1, 0.15) is 10.8 Å². The lowest BCUT2D eigenvalue weighted by Gasteiger charge is -2.36. The molecule has 0 N–H and O–H groups in total. The predicted octanol–water partition coefficient (Wildman–Crippen LogP) is 4.49. The molecular formula is C22H30N2O2S. The Morgan fingerprint density at radius 1 is 1.07 bits per heavy atom. The number of likely N-dealkylation sites (tertiary alicyclic amines) is 1. The molecule has 0 radical (unpaired) electrons. The molecule has 0 unspecified atom stereocenters. The molecule has 0 atom stereocenters. The van der Waals surface area contributed by atoms with Crippen LogP contribution >= 0.6 is 11.3 Å². The Morgan fingerprint density at radius 3 is 2.56 bits per heavy atom. The van der Waals surface area contributed by atoms with E-state index >= 15 is 0 Å². The number of thiazole rings is 1. The van der Waals surface area contributed by atoms with E-state index in [4.69, 9.17) is 9.47 Å². The second-order valence-corrected chi connectivity index (χ2v) is 8.55. The van der Waals surface area contributed by atoms with Crippen molar-refractivity contribution in [2.45, 2.75) is 43.9 Å². The van der Waals surface area contributed by atoms with Crippen LogP contribution in [0.5, 0.6) is 5.75 Å². The van der Waals surface area contributed by atoms with Crippen LogP contribution in [0.4, 0.5) is 0 Å². The average molecular weight is 387 g/mol. The summed E-state index contributed by atoms with van der Waals surface area (Å²) in [4.78, 5) is 7.21. The summed E-state index contributed by atoms with van der Waals surface area (Å²) in [5.74, 6) is 0.973. The van der Waals surface area contributed by atoms with Gasteiger partial charge in [-0.25, -0.2) is 4.98 Å². The Bertz CT molecular complexity index is 675. The van der Waals surface area contributed by atoms with Gasteiger partial charge in [-0.15, -0.1) is 11.3 Å². The largest absolute Gasteiger partial charge is 0.494 e. The molecule has 2 aliphatic rings. The van der Waals surface area contributed by atoms with Gasteiger partial charge in [0, 0.05) is 24.8 Å². The summed E-state index contributed by atoms with van der Waals surface area (Å²) in [5.41, 5.74) is 1.34. The smallest absolute Gasteiger partial charge is 0.119 e. The molecule has 2 aliphatic heterocycles. The third kappa shape index (κ3) is 4.53. The van der Waals surface area contributed by atoms with Crippen molar-refractivity contribution in [2.24, 2.45) is 0 Å². The van der Waals surface area contributed by atoms with Crippen LogP contribution in [0.3, 0.4) is 0 Å². The maximum Gasteiger partial charge on any atom is 0.119 e. The van der Waals surface area contributed by atoms with Crippen LogP contribution in [-0.2, 0) is 10.2 Å². The zero-order valence-corrected chi connectivity index (χ0v) is 16.9. The van der Waals surface area contributed by atoms with Crippen LogP contribution in [-0.4, -0.2) is 49.3 Å². The maximum absolute atomic E-state index is 5.98. The minimum atomic E-state index is 0.000670. The van der Waals surface area contributed by atoms with E-state index in [1.54, 1.807) is 11.3 Å². The predicted molar refractivity (Wildman–Crippen MR) is 110 cm³/mol. The minimum absolute atomic E-state index is 0.000670. The summed E-state index contributed by atoms with van der Waals surface area (Å²) in [6.07, 6.45) is 9.00. The molecule has 2 saturated heterocycles. The van der Waals surface area contributed by atoms with Gasteiger partial charge in [-0.2, -0.15) is 0 Å². The molecule has 4 rings (SSSR count). The van der Waals surface area contributed by atoms with Crippen LogP contribution in [0.15, 0.2) is 35.8 Å². The van der Waals surface area contributed by atoms with Crippen molar-refractivity contribution in [3.63, 3.8) is 0 Å². The van der Waals surface area contributed by atoms with Crippen LogP contribution in [0.1, 0.15) is 49.1 Å². The highest BCUT2D eigenvalue weighted by molar-refractivity contribution is 7.09. The first kappa shape index (κ1) is 18.9. The summed E-state index contributed by atoms with van der Waals surface area (Å²) in [6.45, 7) is 6.20. The van der Waals surface area contributed by atoms with Crippen molar-refractivity contribution in [3.8, 4) is 5.75 Å². The normalized spacial score (nSPS) is 20.0. The van der Waals surface area contributed by atoms with Gasteiger partial charge in [0.25, 0.3) is 0 Å². The van der Waals surface area contributed by atoms with Gasteiger partial charge in [-0.1, -0.05) is 12.1 Å². The number of nitrogens with zero attached hydrogens (tertiary/aromatic N) is 2. The van der Waals surface area contributed by atoms with Gasteiger partial charge in [0.2, 0.25) is 0 Å². The van der Waals surface area contributed by atoms with Gasteiger partial charge in [0.05, 0.1) is 12.0 Å². The number of hydrogen-bond acceptors (Lipinski definition) is 5. The Kier molecular flexibility index (Phi) is 6.43. The number of rotatable bonds is 8. The van der Waals surface area contributed by atoms with Gasteiger partial charge in [-0.3, -0.25) is 0 Å². The van der Waals surface area contributed by atoms with E-state index in [1.165, 1.54) is 49.5 Å². The first-order chi connectivity index (χ1) is 13.4. The standard InChI is InChI=1S/C22H30N2O2S/c1-2-13-24(12-1)14-3-4-15-26-20-7-5-19(6-8-20)22(9-16-25-17-10-22)21-23-11-18-27-21/h5-8,11,18H,1-4,9-10,12-17H2. The highest BCUT2D eigenvalue weighted by Gasteiger charge is 2.38. The van der Waals surface area contributed by atoms with Crippen molar-refractivity contribution in [3.05, 3.63) is 46.4 Å². The molecule has 2 fully saturated rings. The number of ether oxygens (including phenoxy) is 2. The summed E-state index contributed by atoms with van der Waals surface area (Å²) in [6, 6.07) is 8.71. The summed E-state index contributed by atoms with van der Waals surface area (Å²) < 4.78 is 11.6. The number of hydrogen-bond donors (Lipinski definition) is 0. The number of benzene rings is 1. The lowest BCUT2D eigenvalue weighted by atomic mass is 9.74. The highest BCUT2D eigenvalue weighted by Crippen LogP contribution is 2.42. The fourth-order valence-electron chi connectivity index (χ4n) is 4.31. The lowest BCUT2D eigenvalue weighted by molar-refractivity contribution is 0.0630. The molecule has 146 valence electrons. The third-order valence-electron chi connectivity index (χ3n) is 5.93. The molecule has 1 aromatic heterocycles. The van der Waals surface area contributed by atoms with E-state index in [2.05, 4.69) is 39.5 Å². The van der Waals surface area contributed by atoms with Gasteiger partial charge in [0.15, 0.2) is 0 Å². The minimum Gasteiger partial charge on any atom is -0.494 e. The second kappa shape index (κ2) is 9.18. The zero-order chi connectivity index (χ0) is 18.4. The molecule has 0 spiro atoms. The molecule has 27 heavy (non-hydrogen) atoms. The number of aromatic nitrogens is 1. The quantitative estimate of drug-likeness (QED) is 0.626. The second-order valence-electron chi connectivity index (χ2n) is 7.66. The van der Waals surface area contributed by atoms with Gasteiger partial charge < -0.3 is 14.4 Å². The van der Waals surface area contributed by atoms with Gasteiger partial charge >= 0.3 is 0 Å². The van der Waals surface area contributed by atoms with E-state index in [0.717, 1.165) is 44.8 Å². The monoisotopic (exact) mass is 386 g/mol. The molecule has 0 bridgehead atoms. The van der Waals surface area contributed by atoms with Crippen molar-refractivity contribution in [1.29, 1.82) is 0 Å². The highest BCUT2D eigenvalue weighted by atomic mass is 32.1. The zero-order valence-electron chi connectivity index (χ0n) is 16.1. The number of unbranched alkanes of at least 4 members (excludes halogenated alkanes) is 1. The molecule has 0 amide bonds.